The van der Waals surface area contributed by atoms with Crippen molar-refractivity contribution in [3.8, 4) is 11.5 Å². The molecule has 2 unspecified atom stereocenters. The summed E-state index contributed by atoms with van der Waals surface area (Å²) in [4.78, 5) is 0. The topological polar surface area (TPSA) is 30.5 Å². The summed E-state index contributed by atoms with van der Waals surface area (Å²) in [6.07, 6.45) is 5.54. The fourth-order valence-corrected chi connectivity index (χ4v) is 3.04. The highest BCUT2D eigenvalue weighted by Gasteiger charge is 2.20. The highest BCUT2D eigenvalue weighted by Crippen LogP contribution is 2.29. The van der Waals surface area contributed by atoms with E-state index in [0.717, 1.165) is 24.0 Å². The van der Waals surface area contributed by atoms with Crippen molar-refractivity contribution in [2.45, 2.75) is 65.1 Å². The third-order valence-electron chi connectivity index (χ3n) is 4.27. The van der Waals surface area contributed by atoms with Gasteiger partial charge in [0.15, 0.2) is 11.5 Å². The Kier molecular flexibility index (Phi) is 5.92. The smallest absolute Gasteiger partial charge is 0.161 e. The van der Waals surface area contributed by atoms with Crippen molar-refractivity contribution in [2.75, 3.05) is 7.11 Å². The van der Waals surface area contributed by atoms with E-state index in [-0.39, 0.29) is 6.10 Å². The quantitative estimate of drug-likeness (QED) is 0.854. The first-order valence-corrected chi connectivity index (χ1v) is 8.17. The first kappa shape index (κ1) is 16.2. The number of ether oxygens (including phenoxy) is 2. The van der Waals surface area contributed by atoms with Gasteiger partial charge >= 0.3 is 0 Å². The molecular weight excluding hydrogens is 262 g/mol. The van der Waals surface area contributed by atoms with Gasteiger partial charge in [0.25, 0.3) is 0 Å². The Bertz CT molecular complexity index is 445. The summed E-state index contributed by atoms with van der Waals surface area (Å²) in [7, 11) is 1.70. The lowest BCUT2D eigenvalue weighted by molar-refractivity contribution is 0.230. The lowest BCUT2D eigenvalue weighted by Crippen LogP contribution is -2.36. The van der Waals surface area contributed by atoms with E-state index < -0.39 is 0 Å². The number of benzene rings is 1. The van der Waals surface area contributed by atoms with Crippen LogP contribution in [0, 0.1) is 5.92 Å². The molecule has 2 atom stereocenters. The molecule has 1 aromatic carbocycles. The van der Waals surface area contributed by atoms with Crippen molar-refractivity contribution in [3.05, 3.63) is 23.8 Å². The van der Waals surface area contributed by atoms with Gasteiger partial charge in [-0.2, -0.15) is 0 Å². The van der Waals surface area contributed by atoms with E-state index in [1.165, 1.54) is 31.2 Å². The monoisotopic (exact) mass is 291 g/mol. The highest BCUT2D eigenvalue weighted by molar-refractivity contribution is 5.43. The Morgan fingerprint density at radius 1 is 1.19 bits per heavy atom. The molecule has 1 aliphatic rings. The van der Waals surface area contributed by atoms with Crippen LogP contribution in [0.25, 0.3) is 0 Å². The lowest BCUT2D eigenvalue weighted by atomic mass is 9.86. The molecule has 3 heteroatoms. The average Bonchev–Trinajstić information content (AvgIpc) is 2.47. The number of hydrogen-bond acceptors (Lipinski definition) is 3. The molecule has 0 amide bonds. The van der Waals surface area contributed by atoms with Crippen LogP contribution in [0.2, 0.25) is 0 Å². The Labute approximate surface area is 129 Å². The van der Waals surface area contributed by atoms with Gasteiger partial charge in [-0.25, -0.2) is 0 Å². The van der Waals surface area contributed by atoms with Gasteiger partial charge in [0.05, 0.1) is 13.2 Å². The molecule has 1 aliphatic carbocycles. The van der Waals surface area contributed by atoms with Crippen LogP contribution in [0.5, 0.6) is 11.5 Å². The second-order valence-corrected chi connectivity index (χ2v) is 6.40. The Hall–Kier alpha value is -1.22. The first-order valence-electron chi connectivity index (χ1n) is 8.17. The molecule has 0 aromatic heterocycles. The fraction of sp³-hybridized carbons (Fsp3) is 0.667. The van der Waals surface area contributed by atoms with E-state index in [0.29, 0.717) is 6.04 Å². The second kappa shape index (κ2) is 7.69. The van der Waals surface area contributed by atoms with Gasteiger partial charge in [0.2, 0.25) is 0 Å². The van der Waals surface area contributed by atoms with Gasteiger partial charge in [-0.3, -0.25) is 0 Å². The average molecular weight is 291 g/mol. The zero-order valence-electron chi connectivity index (χ0n) is 13.8. The number of nitrogens with one attached hydrogen (secondary N) is 1. The van der Waals surface area contributed by atoms with Crippen molar-refractivity contribution in [1.29, 1.82) is 0 Å². The predicted octanol–water partition coefficient (Wildman–Crippen LogP) is 4.15. The molecule has 1 aromatic rings. The van der Waals surface area contributed by atoms with Crippen LogP contribution >= 0.6 is 0 Å². The van der Waals surface area contributed by atoms with Crippen LogP contribution in [0.3, 0.4) is 0 Å². The van der Waals surface area contributed by atoms with Crippen molar-refractivity contribution < 1.29 is 9.47 Å². The molecule has 0 saturated heterocycles. The van der Waals surface area contributed by atoms with Gasteiger partial charge < -0.3 is 14.8 Å². The van der Waals surface area contributed by atoms with E-state index in [2.05, 4.69) is 24.4 Å². The van der Waals surface area contributed by atoms with Crippen LogP contribution in [0.15, 0.2) is 18.2 Å². The third kappa shape index (κ3) is 4.63. The van der Waals surface area contributed by atoms with Crippen LogP contribution in [0.1, 0.15) is 52.0 Å². The molecule has 1 fully saturated rings. The standard InChI is InChI=1S/C18H29NO2/c1-13(2)21-17-10-9-15(11-18(17)20-4)12-19-16-8-6-5-7-14(16)3/h9-11,13-14,16,19H,5-8,12H2,1-4H3. The second-order valence-electron chi connectivity index (χ2n) is 6.40. The van der Waals surface area contributed by atoms with E-state index in [1.807, 2.05) is 19.9 Å². The van der Waals surface area contributed by atoms with Crippen molar-refractivity contribution in [2.24, 2.45) is 5.92 Å². The summed E-state index contributed by atoms with van der Waals surface area (Å²) in [6.45, 7) is 7.31. The lowest BCUT2D eigenvalue weighted by Gasteiger charge is -2.29. The minimum absolute atomic E-state index is 0.158. The van der Waals surface area contributed by atoms with Crippen molar-refractivity contribution >= 4 is 0 Å². The predicted molar refractivity (Wildman–Crippen MR) is 87.0 cm³/mol. The summed E-state index contributed by atoms with van der Waals surface area (Å²) in [5.74, 6) is 2.42. The zero-order chi connectivity index (χ0) is 15.2. The maximum atomic E-state index is 5.76. The van der Waals surface area contributed by atoms with E-state index in [4.69, 9.17) is 9.47 Å². The first-order chi connectivity index (χ1) is 10.1. The largest absolute Gasteiger partial charge is 0.493 e. The number of methoxy groups -OCH3 is 1. The van der Waals surface area contributed by atoms with E-state index in [1.54, 1.807) is 7.11 Å². The van der Waals surface area contributed by atoms with Crippen molar-refractivity contribution in [1.82, 2.24) is 5.32 Å². The highest BCUT2D eigenvalue weighted by atomic mass is 16.5. The normalized spacial score (nSPS) is 22.3. The van der Waals surface area contributed by atoms with Crippen LogP contribution < -0.4 is 14.8 Å². The molecule has 118 valence electrons. The third-order valence-corrected chi connectivity index (χ3v) is 4.27. The van der Waals surface area contributed by atoms with Gasteiger partial charge in [-0.15, -0.1) is 0 Å². The van der Waals surface area contributed by atoms with Gasteiger partial charge in [-0.1, -0.05) is 25.8 Å². The molecule has 0 aliphatic heterocycles. The van der Waals surface area contributed by atoms with Crippen molar-refractivity contribution in [3.63, 3.8) is 0 Å². The Balaban J connectivity index is 1.97. The molecule has 0 spiro atoms. The molecule has 0 heterocycles. The summed E-state index contributed by atoms with van der Waals surface area (Å²) in [6, 6.07) is 6.87. The molecule has 1 saturated carbocycles. The summed E-state index contributed by atoms with van der Waals surface area (Å²) in [5.41, 5.74) is 1.25. The molecular formula is C18H29NO2. The van der Waals surface area contributed by atoms with E-state index >= 15 is 0 Å². The number of rotatable bonds is 6. The summed E-state index contributed by atoms with van der Waals surface area (Å²) < 4.78 is 11.2. The molecule has 0 bridgehead atoms. The molecule has 21 heavy (non-hydrogen) atoms. The van der Waals surface area contributed by atoms with Gasteiger partial charge in [0, 0.05) is 12.6 Å². The Morgan fingerprint density at radius 2 is 1.95 bits per heavy atom. The fourth-order valence-electron chi connectivity index (χ4n) is 3.04. The van der Waals surface area contributed by atoms with E-state index in [9.17, 15) is 0 Å². The summed E-state index contributed by atoms with van der Waals surface area (Å²) >= 11 is 0. The van der Waals surface area contributed by atoms with Crippen LogP contribution in [0.4, 0.5) is 0 Å². The molecule has 0 radical (unpaired) electrons. The van der Waals surface area contributed by atoms with Crippen LogP contribution in [-0.2, 0) is 6.54 Å². The minimum Gasteiger partial charge on any atom is -0.493 e. The minimum atomic E-state index is 0.158. The Morgan fingerprint density at radius 3 is 2.62 bits per heavy atom. The van der Waals surface area contributed by atoms with Crippen LogP contribution in [-0.4, -0.2) is 19.3 Å². The molecule has 1 N–H and O–H groups in total. The maximum Gasteiger partial charge on any atom is 0.161 e. The number of hydrogen-bond donors (Lipinski definition) is 1. The zero-order valence-corrected chi connectivity index (χ0v) is 13.8. The van der Waals surface area contributed by atoms with Gasteiger partial charge in [-0.05, 0) is 50.3 Å². The molecule has 3 nitrogen and oxygen atoms in total. The SMILES string of the molecule is COc1cc(CNC2CCCCC2C)ccc1OC(C)C. The summed E-state index contributed by atoms with van der Waals surface area (Å²) in [5, 5.41) is 3.70. The van der Waals surface area contributed by atoms with Gasteiger partial charge in [0.1, 0.15) is 0 Å². The molecule has 2 rings (SSSR count). The maximum absolute atomic E-state index is 5.76.